The molecule has 0 spiro atoms. The molecular formula is C34H29N5OS. The third kappa shape index (κ3) is 5.34. The molecular weight excluding hydrogens is 526 g/mol. The van der Waals surface area contributed by atoms with Gasteiger partial charge in [0.05, 0.1) is 28.0 Å². The second kappa shape index (κ2) is 11.2. The third-order valence-electron chi connectivity index (χ3n) is 7.88. The monoisotopic (exact) mass is 555 g/mol. The maximum absolute atomic E-state index is 12.5. The van der Waals surface area contributed by atoms with Crippen LogP contribution in [0.15, 0.2) is 107 Å². The van der Waals surface area contributed by atoms with Crippen molar-refractivity contribution in [2.45, 2.75) is 25.3 Å². The van der Waals surface area contributed by atoms with Gasteiger partial charge in [-0.3, -0.25) is 14.7 Å². The number of H-pyrrole nitrogens is 1. The predicted octanol–water partition coefficient (Wildman–Crippen LogP) is 7.16. The average molecular weight is 556 g/mol. The van der Waals surface area contributed by atoms with Crippen molar-refractivity contribution in [1.82, 2.24) is 24.8 Å². The van der Waals surface area contributed by atoms with Gasteiger partial charge in [0.1, 0.15) is 5.01 Å². The molecule has 6 aromatic rings. The third-order valence-corrected chi connectivity index (χ3v) is 8.77. The van der Waals surface area contributed by atoms with Gasteiger partial charge in [-0.05, 0) is 61.3 Å². The second-order valence-corrected chi connectivity index (χ2v) is 11.4. The molecule has 7 rings (SSSR count). The molecule has 7 heteroatoms. The van der Waals surface area contributed by atoms with Crippen molar-refractivity contribution in [2.24, 2.45) is 0 Å². The standard InChI is InChI=1S/C34H29N5OS/c40-33-28-20-27(24-6-2-1-3-7-24)32(37-29(28)13-17-36-33)26-11-9-23(10-12-26)21-39-18-14-25(15-19-39)31-22-41-34(38-31)30-8-4-5-16-35-30/h1-13,16-17,20,22,25H,14-15,18-19,21H2,(H,36,40). The van der Waals surface area contributed by atoms with Gasteiger partial charge in [0.25, 0.3) is 5.56 Å². The molecule has 0 radical (unpaired) electrons. The van der Waals surface area contributed by atoms with Crippen LogP contribution in [0.25, 0.3) is 44.0 Å². The van der Waals surface area contributed by atoms with Crippen LogP contribution in [0.1, 0.15) is 30.0 Å². The topological polar surface area (TPSA) is 74.8 Å². The Morgan fingerprint density at radius 3 is 2.46 bits per heavy atom. The van der Waals surface area contributed by atoms with Crippen LogP contribution >= 0.6 is 11.3 Å². The lowest BCUT2D eigenvalue weighted by molar-refractivity contribution is 0.203. The molecule has 0 bridgehead atoms. The fraction of sp³-hybridized carbons (Fsp3) is 0.176. The van der Waals surface area contributed by atoms with Crippen LogP contribution in [0.2, 0.25) is 0 Å². The number of aromatic amines is 1. The van der Waals surface area contributed by atoms with Gasteiger partial charge in [-0.25, -0.2) is 9.97 Å². The van der Waals surface area contributed by atoms with Gasteiger partial charge in [-0.2, -0.15) is 0 Å². The van der Waals surface area contributed by atoms with Gasteiger partial charge in [0.2, 0.25) is 0 Å². The molecule has 41 heavy (non-hydrogen) atoms. The highest BCUT2D eigenvalue weighted by Gasteiger charge is 2.23. The van der Waals surface area contributed by atoms with E-state index in [1.807, 2.05) is 54.7 Å². The van der Waals surface area contributed by atoms with E-state index in [2.05, 4.69) is 56.6 Å². The molecule has 2 aromatic carbocycles. The van der Waals surface area contributed by atoms with Gasteiger partial charge in [-0.15, -0.1) is 11.3 Å². The summed E-state index contributed by atoms with van der Waals surface area (Å²) in [6, 6.07) is 28.7. The molecule has 5 heterocycles. The van der Waals surface area contributed by atoms with Crippen LogP contribution < -0.4 is 5.56 Å². The van der Waals surface area contributed by atoms with Crippen molar-refractivity contribution in [3.05, 3.63) is 124 Å². The largest absolute Gasteiger partial charge is 0.328 e. The number of hydrogen-bond acceptors (Lipinski definition) is 6. The Morgan fingerprint density at radius 2 is 1.68 bits per heavy atom. The zero-order chi connectivity index (χ0) is 27.6. The molecule has 4 aromatic heterocycles. The lowest BCUT2D eigenvalue weighted by Crippen LogP contribution is -2.32. The molecule has 0 aliphatic carbocycles. The predicted molar refractivity (Wildman–Crippen MR) is 166 cm³/mol. The molecule has 1 aliphatic heterocycles. The summed E-state index contributed by atoms with van der Waals surface area (Å²) in [4.78, 5) is 32.1. The summed E-state index contributed by atoms with van der Waals surface area (Å²) in [5.74, 6) is 0.505. The summed E-state index contributed by atoms with van der Waals surface area (Å²) >= 11 is 1.69. The Balaban J connectivity index is 1.06. The summed E-state index contributed by atoms with van der Waals surface area (Å²) in [7, 11) is 0. The van der Waals surface area contributed by atoms with Gasteiger partial charge in [0.15, 0.2) is 0 Å². The van der Waals surface area contributed by atoms with E-state index >= 15 is 0 Å². The molecule has 202 valence electrons. The number of fused-ring (bicyclic) bond motifs is 1. The lowest BCUT2D eigenvalue weighted by atomic mass is 9.93. The van der Waals surface area contributed by atoms with E-state index < -0.39 is 0 Å². The lowest BCUT2D eigenvalue weighted by Gasteiger charge is -2.31. The van der Waals surface area contributed by atoms with E-state index in [0.717, 1.165) is 65.6 Å². The first-order valence-electron chi connectivity index (χ1n) is 14.0. The normalized spacial score (nSPS) is 14.4. The molecule has 0 saturated carbocycles. The van der Waals surface area contributed by atoms with E-state index in [1.54, 1.807) is 17.5 Å². The number of thiazole rings is 1. The molecule has 0 atom stereocenters. The molecule has 1 fully saturated rings. The van der Waals surface area contributed by atoms with Gasteiger partial charge in [-0.1, -0.05) is 60.7 Å². The Kier molecular flexibility index (Phi) is 6.96. The Morgan fingerprint density at radius 1 is 0.878 bits per heavy atom. The first-order chi connectivity index (χ1) is 20.2. The van der Waals surface area contributed by atoms with Crippen molar-refractivity contribution in [2.75, 3.05) is 13.1 Å². The van der Waals surface area contributed by atoms with E-state index in [-0.39, 0.29) is 5.56 Å². The number of aromatic nitrogens is 4. The average Bonchev–Trinajstić information content (AvgIpc) is 3.53. The van der Waals surface area contributed by atoms with Crippen molar-refractivity contribution in [3.8, 4) is 33.1 Å². The highest BCUT2D eigenvalue weighted by molar-refractivity contribution is 7.13. The molecule has 1 N–H and O–H groups in total. The molecule has 0 amide bonds. The van der Waals surface area contributed by atoms with Crippen molar-refractivity contribution in [3.63, 3.8) is 0 Å². The van der Waals surface area contributed by atoms with Crippen LogP contribution in [0.3, 0.4) is 0 Å². The second-order valence-electron chi connectivity index (χ2n) is 10.5. The number of nitrogens with one attached hydrogen (secondary N) is 1. The number of piperidine rings is 1. The van der Waals surface area contributed by atoms with E-state index in [1.165, 1.54) is 11.3 Å². The molecule has 6 nitrogen and oxygen atoms in total. The van der Waals surface area contributed by atoms with Crippen LogP contribution in [-0.2, 0) is 6.54 Å². The first kappa shape index (κ1) is 25.5. The minimum absolute atomic E-state index is 0.124. The molecule has 0 unspecified atom stereocenters. The smallest absolute Gasteiger partial charge is 0.257 e. The van der Waals surface area contributed by atoms with Gasteiger partial charge >= 0.3 is 0 Å². The highest BCUT2D eigenvalue weighted by Crippen LogP contribution is 2.34. The number of benzene rings is 2. The quantitative estimate of drug-likeness (QED) is 0.236. The summed E-state index contributed by atoms with van der Waals surface area (Å²) < 4.78 is 0. The van der Waals surface area contributed by atoms with Crippen LogP contribution in [0.4, 0.5) is 0 Å². The van der Waals surface area contributed by atoms with Gasteiger partial charge in [0, 0.05) is 41.4 Å². The number of nitrogens with zero attached hydrogens (tertiary/aromatic N) is 4. The summed E-state index contributed by atoms with van der Waals surface area (Å²) in [6.07, 6.45) is 5.71. The highest BCUT2D eigenvalue weighted by atomic mass is 32.1. The van der Waals surface area contributed by atoms with Crippen LogP contribution in [-0.4, -0.2) is 37.9 Å². The van der Waals surface area contributed by atoms with Crippen molar-refractivity contribution >= 4 is 22.2 Å². The van der Waals surface area contributed by atoms with Crippen molar-refractivity contribution in [1.29, 1.82) is 0 Å². The number of pyridine rings is 3. The van der Waals surface area contributed by atoms with Crippen LogP contribution in [0.5, 0.6) is 0 Å². The molecule has 1 aliphatic rings. The Bertz CT molecular complexity index is 1840. The Labute approximate surface area is 242 Å². The SMILES string of the molecule is O=c1[nH]ccc2nc(-c3ccc(CN4CCC(c5csc(-c6ccccn6)n5)CC4)cc3)c(-c3ccccc3)cc12. The maximum Gasteiger partial charge on any atom is 0.257 e. The fourth-order valence-electron chi connectivity index (χ4n) is 5.66. The number of hydrogen-bond donors (Lipinski definition) is 1. The number of rotatable bonds is 6. The summed E-state index contributed by atoms with van der Waals surface area (Å²) in [5, 5.41) is 3.82. The minimum atomic E-state index is -0.124. The fourth-order valence-corrected chi connectivity index (χ4v) is 6.54. The zero-order valence-corrected chi connectivity index (χ0v) is 23.3. The number of likely N-dealkylation sites (tertiary alicyclic amines) is 1. The Hall–Kier alpha value is -4.46. The summed E-state index contributed by atoms with van der Waals surface area (Å²) in [6.45, 7) is 3.04. The zero-order valence-electron chi connectivity index (χ0n) is 22.5. The first-order valence-corrected chi connectivity index (χ1v) is 14.9. The van der Waals surface area contributed by atoms with E-state index in [9.17, 15) is 4.79 Å². The van der Waals surface area contributed by atoms with Crippen LogP contribution in [0, 0.1) is 0 Å². The summed E-state index contributed by atoms with van der Waals surface area (Å²) in [5.41, 5.74) is 7.94. The van der Waals surface area contributed by atoms with E-state index in [0.29, 0.717) is 16.8 Å². The van der Waals surface area contributed by atoms with E-state index in [4.69, 9.17) is 9.97 Å². The minimum Gasteiger partial charge on any atom is -0.328 e. The van der Waals surface area contributed by atoms with Gasteiger partial charge < -0.3 is 4.98 Å². The maximum atomic E-state index is 12.5. The molecule has 1 saturated heterocycles. The van der Waals surface area contributed by atoms with Crippen molar-refractivity contribution < 1.29 is 0 Å².